The molecule has 0 aliphatic rings. The lowest BCUT2D eigenvalue weighted by Crippen LogP contribution is -3.07. The molecule has 76 heavy (non-hydrogen) atoms. The summed E-state index contributed by atoms with van der Waals surface area (Å²) in [5.41, 5.74) is -3.19. The highest BCUT2D eigenvalue weighted by Crippen LogP contribution is 2.36. The predicted molar refractivity (Wildman–Crippen MR) is 279 cm³/mol. The fraction of sp³-hybridized carbons (Fsp3) is 0.593. The van der Waals surface area contributed by atoms with Gasteiger partial charge in [0.15, 0.2) is 11.4 Å². The number of hydrogen-bond donors (Lipinski definition) is 1. The van der Waals surface area contributed by atoms with Gasteiger partial charge in [-0.05, 0) is 86.3 Å². The van der Waals surface area contributed by atoms with E-state index in [1.807, 2.05) is 0 Å². The highest BCUT2D eigenvalue weighted by molar-refractivity contribution is 6.39. The third-order valence-corrected chi connectivity index (χ3v) is 13.2. The van der Waals surface area contributed by atoms with Gasteiger partial charge in [0.2, 0.25) is 0 Å². The van der Waals surface area contributed by atoms with E-state index >= 15 is 0 Å². The van der Waals surface area contributed by atoms with Crippen molar-refractivity contribution in [2.75, 3.05) is 13.1 Å². The molecule has 4 aromatic carbocycles. The van der Waals surface area contributed by atoms with Crippen LogP contribution in [0.25, 0.3) is 0 Å². The maximum atomic E-state index is 14.3. The average molecular weight is 1090 g/mol. The van der Waals surface area contributed by atoms with E-state index in [0.29, 0.717) is 13.1 Å². The number of unbranched alkanes of at least 4 members (excludes halogenated alkanes) is 25. The molecule has 0 saturated heterocycles. The summed E-state index contributed by atoms with van der Waals surface area (Å²) in [6, 6.07) is 17.3. The van der Waals surface area contributed by atoms with Crippen molar-refractivity contribution in [2.45, 2.75) is 212 Å². The zero-order valence-corrected chi connectivity index (χ0v) is 44.5. The second-order valence-electron chi connectivity index (χ2n) is 19.6. The van der Waals surface area contributed by atoms with Crippen LogP contribution in [0.15, 0.2) is 91.0 Å². The van der Waals surface area contributed by atoms with E-state index in [9.17, 15) is 52.7 Å². The van der Waals surface area contributed by atoms with Gasteiger partial charge in [0.05, 0.1) is 29.8 Å². The normalized spacial score (nSPS) is 12.5. The summed E-state index contributed by atoms with van der Waals surface area (Å²) < 4.78 is 176. The van der Waals surface area contributed by atoms with Gasteiger partial charge < -0.3 is 14.0 Å². The van der Waals surface area contributed by atoms with E-state index < -0.39 is 54.3 Å². The van der Waals surface area contributed by atoms with E-state index in [1.54, 1.807) is 0 Å². The molecular weight excluding hydrogens is 1010 g/mol. The fourth-order valence-electron chi connectivity index (χ4n) is 8.79. The van der Waals surface area contributed by atoms with Gasteiger partial charge >= 0.3 is 32.0 Å². The van der Waals surface area contributed by atoms with Crippen molar-refractivity contribution >= 4 is 13.0 Å². The molecule has 1 unspecified atom stereocenters. The molecule has 0 bridgehead atoms. The first kappa shape index (κ1) is 65.7. The Hall–Kier alpha value is -4.54. The van der Waals surface area contributed by atoms with Crippen LogP contribution in [0.4, 0.5) is 58.4 Å². The zero-order chi connectivity index (χ0) is 55.7. The lowest BCUT2D eigenvalue weighted by atomic mass is 10.0. The maximum absolute atomic E-state index is 14.3. The number of nitrogens with one attached hydrogen (secondary N) is 1. The Morgan fingerprint density at radius 2 is 0.645 bits per heavy atom. The van der Waals surface area contributed by atoms with E-state index in [4.69, 9.17) is 14.0 Å². The molecule has 1 atom stereocenters. The quantitative estimate of drug-likeness (QED) is 0.0213. The molecular formula is C59H80BF12NO3. The van der Waals surface area contributed by atoms with Crippen LogP contribution in [0.2, 0.25) is 0 Å². The number of hydrogen-bond acceptors (Lipinski definition) is 3. The summed E-state index contributed by atoms with van der Waals surface area (Å²) in [7, 11) is -1.81. The Kier molecular flexibility index (Phi) is 31.0. The molecule has 0 radical (unpaired) electrons. The molecule has 1 N–H and O–H groups in total. The van der Waals surface area contributed by atoms with Gasteiger partial charge in [0, 0.05) is 6.07 Å². The minimum atomic E-state index is -4.67. The maximum Gasteiger partial charge on any atom is 0.864 e. The predicted octanol–water partition coefficient (Wildman–Crippen LogP) is 19.9. The monoisotopic (exact) mass is 1090 g/mol. The van der Waals surface area contributed by atoms with Gasteiger partial charge in [-0.3, -0.25) is 4.90 Å². The third-order valence-electron chi connectivity index (χ3n) is 13.2. The van der Waals surface area contributed by atoms with Gasteiger partial charge in [-0.2, -0.15) is 83.0 Å². The fourth-order valence-corrected chi connectivity index (χ4v) is 8.79. The molecule has 0 aliphatic heterocycles. The molecule has 0 amide bonds. The van der Waals surface area contributed by atoms with Crippen molar-refractivity contribution in [1.29, 1.82) is 0 Å². The van der Waals surface area contributed by atoms with Gasteiger partial charge in [-0.1, -0.05) is 167 Å². The van der Waals surface area contributed by atoms with Crippen LogP contribution in [0.3, 0.4) is 0 Å². The molecule has 4 nitrogen and oxygen atoms in total. The smallest absolute Gasteiger partial charge is 0.490 e. The Morgan fingerprint density at radius 3 is 0.947 bits per heavy atom. The number of rotatable bonds is 36. The van der Waals surface area contributed by atoms with Crippen LogP contribution in [0, 0.1) is 6.07 Å². The zero-order valence-electron chi connectivity index (χ0n) is 44.5. The summed E-state index contributed by atoms with van der Waals surface area (Å²) >= 11 is 0. The second-order valence-corrected chi connectivity index (χ2v) is 19.6. The van der Waals surface area contributed by atoms with Crippen LogP contribution < -0.4 is 18.9 Å². The van der Waals surface area contributed by atoms with Crippen LogP contribution >= 0.6 is 0 Å². The van der Waals surface area contributed by atoms with Crippen LogP contribution in [0.5, 0.6) is 17.2 Å². The molecule has 4 aromatic rings. The molecule has 4 rings (SSSR count). The van der Waals surface area contributed by atoms with Crippen molar-refractivity contribution in [2.24, 2.45) is 0 Å². The lowest BCUT2D eigenvalue weighted by molar-refractivity contribution is -0.833. The van der Waals surface area contributed by atoms with Gasteiger partial charge in [0.25, 0.3) is 0 Å². The van der Waals surface area contributed by atoms with Crippen molar-refractivity contribution in [3.05, 3.63) is 119 Å². The number of halogens is 12. The number of quaternary nitrogens is 1. The highest BCUT2D eigenvalue weighted by atomic mass is 19.4. The summed E-state index contributed by atoms with van der Waals surface area (Å²) in [4.78, 5) is 0.778. The third kappa shape index (κ3) is 28.2. The van der Waals surface area contributed by atoms with Gasteiger partial charge in [-0.25, -0.2) is 0 Å². The van der Waals surface area contributed by atoms with Gasteiger partial charge in [0.1, 0.15) is 11.5 Å². The first-order valence-corrected chi connectivity index (χ1v) is 27.7. The lowest BCUT2D eigenvalue weighted by Gasteiger charge is -2.24. The minimum absolute atomic E-state index is 0.0126. The molecule has 426 valence electrons. The van der Waals surface area contributed by atoms with Crippen LogP contribution in [-0.2, 0) is 24.7 Å². The van der Waals surface area contributed by atoms with Crippen molar-refractivity contribution in [3.8, 4) is 17.2 Å². The largest absolute Gasteiger partial charge is 0.864 e. The van der Waals surface area contributed by atoms with Gasteiger partial charge in [-0.15, -0.1) is 0 Å². The van der Waals surface area contributed by atoms with E-state index in [2.05, 4.69) is 19.9 Å². The Labute approximate surface area is 444 Å². The van der Waals surface area contributed by atoms with Crippen LogP contribution in [-0.4, -0.2) is 20.4 Å². The Morgan fingerprint density at radius 1 is 0.355 bits per heavy atom. The second kappa shape index (κ2) is 35.8. The first-order valence-electron chi connectivity index (χ1n) is 27.7. The topological polar surface area (TPSA) is 32.1 Å². The van der Waals surface area contributed by atoms with Crippen LogP contribution in [0.1, 0.15) is 209 Å². The number of alkyl halides is 12. The Bertz CT molecular complexity index is 2020. The molecule has 0 aromatic heterocycles. The SMILES string of the molecule is CCCCCCCCCCCCCCCCCC[NH+](CCCCCCCCCCCCC)c1cc(C(F)(F)F)ccc1OB(Oc1ccc(C(F)(F)F)cc1)Oc1ccc(C(F)(F)F)cc1.FC(F)(F)c1cc[c-]cc1. The molecule has 0 fully saturated rings. The van der Waals surface area contributed by atoms with Crippen molar-refractivity contribution in [3.63, 3.8) is 0 Å². The Balaban J connectivity index is 0.00000136. The molecule has 0 saturated carbocycles. The highest BCUT2D eigenvalue weighted by Gasteiger charge is 2.38. The van der Waals surface area contributed by atoms with Crippen molar-refractivity contribution in [1.82, 2.24) is 0 Å². The van der Waals surface area contributed by atoms with E-state index in [-0.39, 0.29) is 22.9 Å². The average Bonchev–Trinajstić information content (AvgIpc) is 3.37. The summed E-state index contributed by atoms with van der Waals surface area (Å²) in [6.07, 6.45) is 13.3. The molecule has 0 heterocycles. The molecule has 17 heteroatoms. The van der Waals surface area contributed by atoms with Crippen molar-refractivity contribution < 1.29 is 71.5 Å². The summed E-state index contributed by atoms with van der Waals surface area (Å²) in [5, 5.41) is 0. The molecule has 0 aliphatic carbocycles. The first-order chi connectivity index (χ1) is 36.2. The summed E-state index contributed by atoms with van der Waals surface area (Å²) in [6.45, 7) is 5.49. The summed E-state index contributed by atoms with van der Waals surface area (Å²) in [5.74, 6) is -0.278. The molecule has 0 spiro atoms. The van der Waals surface area contributed by atoms with E-state index in [0.717, 1.165) is 142 Å². The number of benzene rings is 4. The minimum Gasteiger partial charge on any atom is -0.490 e. The van der Waals surface area contributed by atoms with E-state index in [1.165, 1.54) is 127 Å². The standard InChI is InChI=1S/C52H75BF9NO3.C7H4F3/c1-3-5-7-9-11-13-15-16-17-18-19-21-23-25-27-29-41-63(40-28-26-24-22-20-14-12-10-8-6-4-2)48-42-45(52(60,61)62)34-39-49(48)66-53(64-46-35-30-43(31-36-46)50(54,55)56)65-47-37-32-44(33-38-47)51(57,58)59;8-7(9,10)6-4-2-1-3-5-6/h30-39,42H,3-29,40-41H2,1-2H3;2-5H/q;-1/p+1.